The van der Waals surface area contributed by atoms with Crippen LogP contribution in [-0.2, 0) is 11.0 Å². The van der Waals surface area contributed by atoms with Crippen LogP contribution in [0.4, 0.5) is 28.9 Å². The van der Waals surface area contributed by atoms with Crippen molar-refractivity contribution in [1.29, 1.82) is 0 Å². The largest absolute Gasteiger partial charge is 0.416 e. The SMILES string of the molecule is O=CC1CCCN(c2ccc(-n3ccccc3=O)cc2F)N1Nc1ccc(C(F)(F)F)cc1. The third-order valence-electron chi connectivity index (χ3n) is 5.37. The molecule has 0 saturated carbocycles. The second-order valence-electron chi connectivity index (χ2n) is 7.54. The average Bonchev–Trinajstić information content (AvgIpc) is 2.79. The summed E-state index contributed by atoms with van der Waals surface area (Å²) >= 11 is 0. The summed E-state index contributed by atoms with van der Waals surface area (Å²) in [6.07, 6.45) is -1.13. The van der Waals surface area contributed by atoms with Crippen LogP contribution in [0.2, 0.25) is 0 Å². The van der Waals surface area contributed by atoms with E-state index in [-0.39, 0.29) is 11.2 Å². The van der Waals surface area contributed by atoms with Gasteiger partial charge in [0, 0.05) is 24.9 Å². The fourth-order valence-electron chi connectivity index (χ4n) is 3.73. The molecule has 1 N–H and O–H groups in total. The number of nitrogens with one attached hydrogen (secondary N) is 1. The first-order valence-electron chi connectivity index (χ1n) is 10.2. The standard InChI is InChI=1S/C23H20F4N4O2/c24-20-14-18(29-12-2-1-5-22(29)33)10-11-21(20)30-13-3-4-19(15-32)31(30)28-17-8-6-16(7-9-17)23(25,26)27/h1-2,5-12,14-15,19,28H,3-4,13H2. The Balaban J connectivity index is 1.64. The second-order valence-corrected chi connectivity index (χ2v) is 7.54. The predicted molar refractivity (Wildman–Crippen MR) is 115 cm³/mol. The number of hydrazine groups is 2. The molecule has 0 aliphatic carbocycles. The van der Waals surface area contributed by atoms with Crippen LogP contribution in [0.5, 0.6) is 0 Å². The highest BCUT2D eigenvalue weighted by Crippen LogP contribution is 2.32. The van der Waals surface area contributed by atoms with Gasteiger partial charge in [-0.05, 0) is 55.3 Å². The quantitative estimate of drug-likeness (QED) is 0.452. The summed E-state index contributed by atoms with van der Waals surface area (Å²) in [6, 6.07) is 12.6. The second kappa shape index (κ2) is 9.07. The molecule has 1 unspecified atom stereocenters. The van der Waals surface area contributed by atoms with Gasteiger partial charge in [-0.15, -0.1) is 5.12 Å². The van der Waals surface area contributed by atoms with Crippen LogP contribution < -0.4 is 16.0 Å². The maximum absolute atomic E-state index is 15.2. The van der Waals surface area contributed by atoms with Crippen LogP contribution >= 0.6 is 0 Å². The van der Waals surface area contributed by atoms with Crippen molar-refractivity contribution in [2.75, 3.05) is 17.0 Å². The molecular weight excluding hydrogens is 440 g/mol. The van der Waals surface area contributed by atoms with E-state index in [1.165, 1.54) is 51.2 Å². The number of carbonyl (C=O) groups is 1. The Kier molecular flexibility index (Phi) is 6.19. The van der Waals surface area contributed by atoms with E-state index in [0.29, 0.717) is 37.0 Å². The zero-order chi connectivity index (χ0) is 23.6. The molecule has 1 aliphatic rings. The number of nitrogens with zero attached hydrogens (tertiary/aromatic N) is 3. The van der Waals surface area contributed by atoms with Gasteiger partial charge >= 0.3 is 6.18 Å². The number of anilines is 2. The monoisotopic (exact) mass is 460 g/mol. The van der Waals surface area contributed by atoms with E-state index in [2.05, 4.69) is 5.43 Å². The molecule has 172 valence electrons. The molecule has 2 aromatic carbocycles. The normalized spacial score (nSPS) is 17.1. The third-order valence-corrected chi connectivity index (χ3v) is 5.37. The molecule has 1 aliphatic heterocycles. The number of pyridine rings is 1. The van der Waals surface area contributed by atoms with Gasteiger partial charge in [-0.25, -0.2) is 4.39 Å². The predicted octanol–water partition coefficient (Wildman–Crippen LogP) is 4.41. The Bertz CT molecular complexity index is 1190. The van der Waals surface area contributed by atoms with Crippen LogP contribution in [0, 0.1) is 5.82 Å². The molecule has 0 bridgehead atoms. The van der Waals surface area contributed by atoms with Crippen LogP contribution in [0.25, 0.3) is 5.69 Å². The Labute approximate surface area is 186 Å². The van der Waals surface area contributed by atoms with Gasteiger partial charge in [0.05, 0.1) is 22.6 Å². The summed E-state index contributed by atoms with van der Waals surface area (Å²) in [5, 5.41) is 2.96. The minimum Gasteiger partial charge on any atom is -0.301 e. The zero-order valence-corrected chi connectivity index (χ0v) is 17.3. The maximum atomic E-state index is 15.2. The molecule has 33 heavy (non-hydrogen) atoms. The van der Waals surface area contributed by atoms with Gasteiger partial charge < -0.3 is 10.2 Å². The number of alkyl halides is 3. The van der Waals surface area contributed by atoms with Crippen molar-refractivity contribution in [1.82, 2.24) is 9.69 Å². The van der Waals surface area contributed by atoms with Crippen molar-refractivity contribution in [3.05, 3.63) is 88.6 Å². The number of hydrogen-bond acceptors (Lipinski definition) is 5. The van der Waals surface area contributed by atoms with Crippen molar-refractivity contribution in [3.63, 3.8) is 0 Å². The molecule has 1 atom stereocenters. The molecule has 1 saturated heterocycles. The molecule has 0 amide bonds. The van der Waals surface area contributed by atoms with Crippen LogP contribution in [0.15, 0.2) is 71.7 Å². The molecule has 10 heteroatoms. The van der Waals surface area contributed by atoms with E-state index in [4.69, 9.17) is 0 Å². The highest BCUT2D eigenvalue weighted by Gasteiger charge is 2.32. The topological polar surface area (TPSA) is 57.6 Å². The van der Waals surface area contributed by atoms with Gasteiger partial charge in [0.25, 0.3) is 5.56 Å². The van der Waals surface area contributed by atoms with E-state index in [9.17, 15) is 22.8 Å². The maximum Gasteiger partial charge on any atom is 0.416 e. The Morgan fingerprint density at radius 2 is 1.79 bits per heavy atom. The number of halogens is 4. The lowest BCUT2D eigenvalue weighted by Gasteiger charge is -2.43. The summed E-state index contributed by atoms with van der Waals surface area (Å²) < 4.78 is 55.0. The summed E-state index contributed by atoms with van der Waals surface area (Å²) in [4.78, 5) is 23.7. The van der Waals surface area contributed by atoms with Gasteiger partial charge in [-0.2, -0.15) is 13.2 Å². The van der Waals surface area contributed by atoms with Crippen LogP contribution in [0.1, 0.15) is 18.4 Å². The Morgan fingerprint density at radius 3 is 2.42 bits per heavy atom. The molecule has 4 rings (SSSR count). The molecule has 2 heterocycles. The minimum atomic E-state index is -4.47. The van der Waals surface area contributed by atoms with E-state index in [0.717, 1.165) is 12.1 Å². The summed E-state index contributed by atoms with van der Waals surface area (Å²) in [6.45, 7) is 0.375. The van der Waals surface area contributed by atoms with E-state index < -0.39 is 23.6 Å². The fourth-order valence-corrected chi connectivity index (χ4v) is 3.73. The number of aromatic nitrogens is 1. The van der Waals surface area contributed by atoms with Gasteiger partial charge in [-0.1, -0.05) is 6.07 Å². The van der Waals surface area contributed by atoms with Crippen LogP contribution in [0.3, 0.4) is 0 Å². The van der Waals surface area contributed by atoms with Crippen molar-refractivity contribution < 1.29 is 22.4 Å². The van der Waals surface area contributed by atoms with Gasteiger partial charge in [-0.3, -0.25) is 14.4 Å². The lowest BCUT2D eigenvalue weighted by atomic mass is 10.1. The van der Waals surface area contributed by atoms with Crippen molar-refractivity contribution in [3.8, 4) is 5.69 Å². The number of hydrogen-bond donors (Lipinski definition) is 1. The Hall–Kier alpha value is -3.66. The highest BCUT2D eigenvalue weighted by molar-refractivity contribution is 5.61. The number of aldehydes is 1. The molecular formula is C23H20F4N4O2. The smallest absolute Gasteiger partial charge is 0.301 e. The summed E-state index contributed by atoms with van der Waals surface area (Å²) in [5.41, 5.74) is 2.64. The molecule has 3 aromatic rings. The van der Waals surface area contributed by atoms with Gasteiger partial charge in [0.1, 0.15) is 18.1 Å². The first-order chi connectivity index (χ1) is 15.8. The number of carbonyl (C=O) groups excluding carboxylic acids is 1. The molecule has 0 radical (unpaired) electrons. The first kappa shape index (κ1) is 22.5. The van der Waals surface area contributed by atoms with Gasteiger partial charge in [0.2, 0.25) is 0 Å². The van der Waals surface area contributed by atoms with Crippen molar-refractivity contribution in [2.45, 2.75) is 25.1 Å². The van der Waals surface area contributed by atoms with E-state index in [1.54, 1.807) is 18.2 Å². The zero-order valence-electron chi connectivity index (χ0n) is 17.3. The lowest BCUT2D eigenvalue weighted by molar-refractivity contribution is -0.137. The molecule has 1 aromatic heterocycles. The first-order valence-corrected chi connectivity index (χ1v) is 10.2. The minimum absolute atomic E-state index is 0.161. The number of rotatable bonds is 5. The third kappa shape index (κ3) is 4.75. The van der Waals surface area contributed by atoms with Gasteiger partial charge in [0.15, 0.2) is 0 Å². The van der Waals surface area contributed by atoms with Crippen LogP contribution in [-0.4, -0.2) is 28.6 Å². The molecule has 6 nitrogen and oxygen atoms in total. The van der Waals surface area contributed by atoms with E-state index >= 15 is 4.39 Å². The molecule has 1 fully saturated rings. The van der Waals surface area contributed by atoms with Crippen molar-refractivity contribution in [2.24, 2.45) is 0 Å². The summed E-state index contributed by atoms with van der Waals surface area (Å²) in [5.74, 6) is -0.617. The summed E-state index contributed by atoms with van der Waals surface area (Å²) in [7, 11) is 0. The van der Waals surface area contributed by atoms with E-state index in [1.807, 2.05) is 0 Å². The van der Waals surface area contributed by atoms with Crippen molar-refractivity contribution >= 4 is 17.7 Å². The number of benzene rings is 2. The average molecular weight is 460 g/mol. The molecule has 0 spiro atoms. The Morgan fingerprint density at radius 1 is 1.03 bits per heavy atom. The fraction of sp³-hybridized carbons (Fsp3) is 0.217. The highest BCUT2D eigenvalue weighted by atomic mass is 19.4. The lowest BCUT2D eigenvalue weighted by Crippen LogP contribution is -2.56.